The van der Waals surface area contributed by atoms with Gasteiger partial charge in [0.05, 0.1) is 12.7 Å². The molecule has 1 aromatic carbocycles. The van der Waals surface area contributed by atoms with Gasteiger partial charge in [-0.15, -0.1) is 0 Å². The second-order valence-corrected chi connectivity index (χ2v) is 4.19. The van der Waals surface area contributed by atoms with E-state index in [0.29, 0.717) is 5.75 Å². The topological polar surface area (TPSA) is 76.1 Å². The van der Waals surface area contributed by atoms with E-state index >= 15 is 0 Å². The van der Waals surface area contributed by atoms with Crippen LogP contribution in [0.25, 0.3) is 0 Å². The predicted molar refractivity (Wildman–Crippen MR) is 66.6 cm³/mol. The number of carbonyl (C=O) groups excluding carboxylic acids is 1. The van der Waals surface area contributed by atoms with Crippen LogP contribution in [0, 0.1) is 0 Å². The highest BCUT2D eigenvalue weighted by Gasteiger charge is 2.21. The normalized spacial score (nSPS) is 13.6. The van der Waals surface area contributed by atoms with Gasteiger partial charge in [0.2, 0.25) is 0 Å². The molecule has 6 heteroatoms. The fourth-order valence-electron chi connectivity index (χ4n) is 1.72. The zero-order valence-electron chi connectivity index (χ0n) is 10.6. The van der Waals surface area contributed by atoms with Gasteiger partial charge in [-0.3, -0.25) is 4.79 Å². The lowest BCUT2D eigenvalue weighted by Crippen LogP contribution is -2.44. The van der Waals surface area contributed by atoms with Gasteiger partial charge in [-0.2, -0.15) is 0 Å². The first-order chi connectivity index (χ1) is 9.11. The molecule has 6 nitrogen and oxygen atoms in total. The van der Waals surface area contributed by atoms with E-state index in [-0.39, 0.29) is 23.8 Å². The summed E-state index contributed by atoms with van der Waals surface area (Å²) in [4.78, 5) is 24.2. The molecule has 1 fully saturated rings. The number of carboxylic acid groups (broad SMARTS) is 1. The number of hydrogen-bond donors (Lipinski definition) is 1. The smallest absolute Gasteiger partial charge is 0.335 e. The van der Waals surface area contributed by atoms with Crippen molar-refractivity contribution in [1.82, 2.24) is 4.90 Å². The summed E-state index contributed by atoms with van der Waals surface area (Å²) >= 11 is 0. The number of aromatic carboxylic acids is 1. The lowest BCUT2D eigenvalue weighted by molar-refractivity contribution is -0.136. The van der Waals surface area contributed by atoms with E-state index in [9.17, 15) is 9.59 Å². The quantitative estimate of drug-likeness (QED) is 0.859. The number of likely N-dealkylation sites (tertiary alicyclic amines) is 1. The van der Waals surface area contributed by atoms with E-state index in [1.807, 2.05) is 0 Å². The molecular formula is C13H15NO5. The van der Waals surface area contributed by atoms with Crippen LogP contribution in [0.4, 0.5) is 0 Å². The molecule has 0 spiro atoms. The summed E-state index contributed by atoms with van der Waals surface area (Å²) in [6, 6.07) is 4.28. The predicted octanol–water partition coefficient (Wildman–Crippen LogP) is 1.00. The van der Waals surface area contributed by atoms with Crippen LogP contribution in [0.15, 0.2) is 18.2 Å². The molecule has 0 radical (unpaired) electrons. The van der Waals surface area contributed by atoms with Crippen molar-refractivity contribution in [2.75, 3.05) is 26.8 Å². The summed E-state index contributed by atoms with van der Waals surface area (Å²) in [5.74, 6) is -0.492. The van der Waals surface area contributed by atoms with Gasteiger partial charge in [-0.25, -0.2) is 4.79 Å². The summed E-state index contributed by atoms with van der Waals surface area (Å²) in [7, 11) is 1.46. The Balaban J connectivity index is 2.06. The third kappa shape index (κ3) is 2.96. The van der Waals surface area contributed by atoms with Gasteiger partial charge in [-0.05, 0) is 24.6 Å². The number of nitrogens with zero attached hydrogens (tertiary/aromatic N) is 1. The van der Waals surface area contributed by atoms with Crippen molar-refractivity contribution < 1.29 is 24.2 Å². The molecule has 2 rings (SSSR count). The molecule has 1 amide bonds. The van der Waals surface area contributed by atoms with Gasteiger partial charge < -0.3 is 19.5 Å². The molecule has 0 aliphatic carbocycles. The second-order valence-electron chi connectivity index (χ2n) is 4.19. The molecule has 1 N–H and O–H groups in total. The molecule has 0 bridgehead atoms. The van der Waals surface area contributed by atoms with Crippen molar-refractivity contribution in [3.8, 4) is 11.5 Å². The highest BCUT2D eigenvalue weighted by atomic mass is 16.5. The standard InChI is InChI=1S/C13H15NO5/c1-18-10-4-3-9(13(16)17)7-11(10)19-8-12(15)14-5-2-6-14/h3-4,7H,2,5-6,8H2,1H3,(H,16,17). The van der Waals surface area contributed by atoms with Crippen LogP contribution in [0.2, 0.25) is 0 Å². The van der Waals surface area contributed by atoms with Gasteiger partial charge in [0.1, 0.15) is 0 Å². The van der Waals surface area contributed by atoms with Crippen LogP contribution in [0.3, 0.4) is 0 Å². The Morgan fingerprint density at radius 1 is 1.32 bits per heavy atom. The molecule has 1 saturated heterocycles. The summed E-state index contributed by atoms with van der Waals surface area (Å²) in [5, 5.41) is 8.91. The van der Waals surface area contributed by atoms with Crippen molar-refractivity contribution in [2.24, 2.45) is 0 Å². The molecule has 0 aromatic heterocycles. The summed E-state index contributed by atoms with van der Waals surface area (Å²) in [5.41, 5.74) is 0.0900. The Morgan fingerprint density at radius 3 is 2.58 bits per heavy atom. The number of benzene rings is 1. The zero-order chi connectivity index (χ0) is 13.8. The molecule has 1 aromatic rings. The van der Waals surface area contributed by atoms with E-state index in [1.165, 1.54) is 25.3 Å². The Kier molecular flexibility index (Phi) is 3.89. The lowest BCUT2D eigenvalue weighted by Gasteiger charge is -2.30. The van der Waals surface area contributed by atoms with E-state index in [4.69, 9.17) is 14.6 Å². The molecule has 102 valence electrons. The number of rotatable bonds is 5. The van der Waals surface area contributed by atoms with Gasteiger partial charge in [0, 0.05) is 13.1 Å². The zero-order valence-corrected chi connectivity index (χ0v) is 10.6. The van der Waals surface area contributed by atoms with E-state index in [1.54, 1.807) is 4.90 Å². The van der Waals surface area contributed by atoms with E-state index in [0.717, 1.165) is 19.5 Å². The number of methoxy groups -OCH3 is 1. The van der Waals surface area contributed by atoms with Crippen molar-refractivity contribution >= 4 is 11.9 Å². The number of carboxylic acids is 1. The lowest BCUT2D eigenvalue weighted by atomic mass is 10.2. The van der Waals surface area contributed by atoms with E-state index in [2.05, 4.69) is 0 Å². The highest BCUT2D eigenvalue weighted by molar-refractivity contribution is 5.88. The minimum atomic E-state index is -1.05. The average Bonchev–Trinajstić information content (AvgIpc) is 2.33. The number of hydrogen-bond acceptors (Lipinski definition) is 4. The number of carbonyl (C=O) groups is 2. The van der Waals surface area contributed by atoms with Gasteiger partial charge in [0.25, 0.3) is 5.91 Å². The first-order valence-corrected chi connectivity index (χ1v) is 5.93. The fourth-order valence-corrected chi connectivity index (χ4v) is 1.72. The van der Waals surface area contributed by atoms with Gasteiger partial charge in [0.15, 0.2) is 18.1 Å². The van der Waals surface area contributed by atoms with Crippen molar-refractivity contribution in [1.29, 1.82) is 0 Å². The van der Waals surface area contributed by atoms with Crippen LogP contribution >= 0.6 is 0 Å². The summed E-state index contributed by atoms with van der Waals surface area (Å²) in [6.45, 7) is 1.41. The summed E-state index contributed by atoms with van der Waals surface area (Å²) < 4.78 is 10.4. The van der Waals surface area contributed by atoms with Crippen molar-refractivity contribution in [3.63, 3.8) is 0 Å². The maximum absolute atomic E-state index is 11.7. The Bertz CT molecular complexity index is 496. The molecular weight excluding hydrogens is 250 g/mol. The fraction of sp³-hybridized carbons (Fsp3) is 0.385. The Morgan fingerprint density at radius 2 is 2.05 bits per heavy atom. The van der Waals surface area contributed by atoms with Crippen LogP contribution in [-0.2, 0) is 4.79 Å². The first-order valence-electron chi connectivity index (χ1n) is 5.93. The SMILES string of the molecule is COc1ccc(C(=O)O)cc1OCC(=O)N1CCC1. The van der Waals surface area contributed by atoms with Crippen LogP contribution in [0.1, 0.15) is 16.8 Å². The second kappa shape index (κ2) is 5.60. The van der Waals surface area contributed by atoms with Crippen LogP contribution in [0.5, 0.6) is 11.5 Å². The molecule has 0 atom stereocenters. The Hall–Kier alpha value is -2.24. The summed E-state index contributed by atoms with van der Waals surface area (Å²) in [6.07, 6.45) is 1.02. The molecule has 0 unspecified atom stereocenters. The largest absolute Gasteiger partial charge is 0.493 e. The van der Waals surface area contributed by atoms with Crippen LogP contribution in [-0.4, -0.2) is 48.7 Å². The molecule has 19 heavy (non-hydrogen) atoms. The Labute approximate surface area is 110 Å². The average molecular weight is 265 g/mol. The maximum atomic E-state index is 11.7. The van der Waals surface area contributed by atoms with Gasteiger partial charge in [-0.1, -0.05) is 0 Å². The van der Waals surface area contributed by atoms with Crippen molar-refractivity contribution in [3.05, 3.63) is 23.8 Å². The van der Waals surface area contributed by atoms with Gasteiger partial charge >= 0.3 is 5.97 Å². The first kappa shape index (κ1) is 13.2. The maximum Gasteiger partial charge on any atom is 0.335 e. The molecule has 1 aliphatic rings. The molecule has 1 heterocycles. The third-order valence-electron chi connectivity index (χ3n) is 2.97. The number of ether oxygens (including phenoxy) is 2. The van der Waals surface area contributed by atoms with E-state index < -0.39 is 5.97 Å². The minimum Gasteiger partial charge on any atom is -0.493 e. The monoisotopic (exact) mass is 265 g/mol. The molecule has 0 saturated carbocycles. The van der Waals surface area contributed by atoms with Crippen molar-refractivity contribution in [2.45, 2.75) is 6.42 Å². The van der Waals surface area contributed by atoms with Crippen LogP contribution < -0.4 is 9.47 Å². The minimum absolute atomic E-state index is 0.0900. The highest BCUT2D eigenvalue weighted by Crippen LogP contribution is 2.28. The third-order valence-corrected chi connectivity index (χ3v) is 2.97. The molecule has 1 aliphatic heterocycles. The number of amides is 1.